The molecule has 1 N–H and O–H groups in total. The second-order valence-electron chi connectivity index (χ2n) is 6.06. The van der Waals surface area contributed by atoms with Gasteiger partial charge >= 0.3 is 5.13 Å². The lowest BCUT2D eigenvalue weighted by Gasteiger charge is -2.04. The third-order valence-corrected chi connectivity index (χ3v) is 5.14. The number of azo groups is 1. The Kier molecular flexibility index (Phi) is 5.84. The van der Waals surface area contributed by atoms with Gasteiger partial charge in [-0.1, -0.05) is 48.5 Å². The van der Waals surface area contributed by atoms with Gasteiger partial charge < -0.3 is 26.7 Å². The number of aliphatic hydroxyl groups is 1. The van der Waals surface area contributed by atoms with Gasteiger partial charge in [0.25, 0.3) is 0 Å². The van der Waals surface area contributed by atoms with Gasteiger partial charge in [-0.3, -0.25) is 0 Å². The van der Waals surface area contributed by atoms with Crippen LogP contribution in [0.4, 0.5) is 10.8 Å². The highest BCUT2D eigenvalue weighted by Crippen LogP contribution is 2.40. The number of thiazole rings is 1. The Bertz CT molecular complexity index is 1090. The zero-order chi connectivity index (χ0) is 18.1. The van der Waals surface area contributed by atoms with E-state index in [9.17, 15) is 5.11 Å². The van der Waals surface area contributed by atoms with E-state index in [1.54, 1.807) is 11.5 Å². The molecule has 2 heterocycles. The minimum Gasteiger partial charge on any atom is -1.00 e. The molecule has 0 spiro atoms. The molecule has 2 aromatic heterocycles. The Morgan fingerprint density at radius 3 is 2.48 bits per heavy atom. The van der Waals surface area contributed by atoms with Crippen LogP contribution >= 0.6 is 11.3 Å². The summed E-state index contributed by atoms with van der Waals surface area (Å²) in [7, 11) is 2.05. The summed E-state index contributed by atoms with van der Waals surface area (Å²) in [6, 6.07) is 18.4. The Morgan fingerprint density at radius 2 is 1.74 bits per heavy atom. The lowest BCUT2D eigenvalue weighted by molar-refractivity contribution is -0.741. The number of rotatable bonds is 4. The molecule has 0 radical (unpaired) electrons. The van der Waals surface area contributed by atoms with E-state index >= 15 is 0 Å². The van der Waals surface area contributed by atoms with Gasteiger partial charge in [-0.2, -0.15) is 4.57 Å². The van der Waals surface area contributed by atoms with Gasteiger partial charge in [0.2, 0.25) is 0 Å². The number of benzene rings is 2. The molecule has 0 aliphatic heterocycles. The van der Waals surface area contributed by atoms with Crippen molar-refractivity contribution in [3.63, 3.8) is 0 Å². The lowest BCUT2D eigenvalue weighted by Crippen LogP contribution is -3.00. The summed E-state index contributed by atoms with van der Waals surface area (Å²) in [6.45, 7) is 1.71. The fourth-order valence-electron chi connectivity index (χ4n) is 3.13. The topological polar surface area (TPSA) is 53.8 Å². The molecule has 4 rings (SSSR count). The fraction of sp³-hybridized carbons (Fsp3) is 0.150. The Hall–Kier alpha value is -2.35. The molecule has 4 aromatic rings. The predicted molar refractivity (Wildman–Crippen MR) is 104 cm³/mol. The summed E-state index contributed by atoms with van der Waals surface area (Å²) in [5.74, 6) is 0. The van der Waals surface area contributed by atoms with E-state index in [0.29, 0.717) is 5.13 Å². The number of fused-ring (bicyclic) bond motifs is 1. The maximum absolute atomic E-state index is 9.86. The second kappa shape index (κ2) is 8.12. The molecule has 0 amide bonds. The molecular weight excluding hydrogens is 424 g/mol. The van der Waals surface area contributed by atoms with Crippen LogP contribution in [0.1, 0.15) is 13.2 Å². The normalized spacial score (nSPS) is 12.4. The fourth-order valence-corrected chi connectivity index (χ4v) is 3.87. The summed E-state index contributed by atoms with van der Waals surface area (Å²) < 4.78 is 3.84. The van der Waals surface area contributed by atoms with Crippen LogP contribution in [0.2, 0.25) is 0 Å². The van der Waals surface area contributed by atoms with E-state index in [1.165, 1.54) is 11.3 Å². The van der Waals surface area contributed by atoms with Gasteiger partial charge in [0.1, 0.15) is 11.9 Å². The van der Waals surface area contributed by atoms with Crippen molar-refractivity contribution in [2.45, 2.75) is 13.2 Å². The number of aliphatic hydroxyl groups excluding tert-OH is 1. The lowest BCUT2D eigenvalue weighted by atomic mass is 10.1. The van der Waals surface area contributed by atoms with Crippen molar-refractivity contribution in [1.82, 2.24) is 4.57 Å². The Morgan fingerprint density at radius 1 is 1.04 bits per heavy atom. The van der Waals surface area contributed by atoms with Crippen LogP contribution in [0.3, 0.4) is 0 Å². The number of halogens is 1. The molecular formula is C20H19BrN4OS. The quantitative estimate of drug-likeness (QED) is 0.382. The minimum absolute atomic E-state index is 0. The van der Waals surface area contributed by atoms with Crippen molar-refractivity contribution < 1.29 is 26.7 Å². The molecule has 1 unspecified atom stereocenters. The standard InChI is InChI=1S/C20H19N4OS.BrH/c1-14(25)24-12-13-26-20(24)22-21-18-16-10-6-7-11-17(16)23(2)19(18)15-8-4-3-5-9-15;/h3-14,25H,1-2H3;1H/q+1;/p-1. The molecule has 0 fully saturated rings. The highest BCUT2D eigenvalue weighted by atomic mass is 79.9. The van der Waals surface area contributed by atoms with Crippen LogP contribution in [0.15, 0.2) is 76.4 Å². The van der Waals surface area contributed by atoms with Crippen LogP contribution in [0, 0.1) is 0 Å². The monoisotopic (exact) mass is 442 g/mol. The van der Waals surface area contributed by atoms with Gasteiger partial charge in [-0.15, -0.1) is 0 Å². The van der Waals surface area contributed by atoms with Gasteiger partial charge in [0.15, 0.2) is 6.23 Å². The summed E-state index contributed by atoms with van der Waals surface area (Å²) in [4.78, 5) is 0. The van der Waals surface area contributed by atoms with Gasteiger partial charge in [0.05, 0.1) is 16.3 Å². The van der Waals surface area contributed by atoms with E-state index in [1.807, 2.05) is 49.0 Å². The van der Waals surface area contributed by atoms with Gasteiger partial charge in [0, 0.05) is 30.3 Å². The molecule has 138 valence electrons. The van der Waals surface area contributed by atoms with E-state index in [-0.39, 0.29) is 17.0 Å². The molecule has 0 bridgehead atoms. The number of hydrogen-bond acceptors (Lipinski definition) is 4. The second-order valence-corrected chi connectivity index (χ2v) is 6.94. The van der Waals surface area contributed by atoms with Crippen molar-refractivity contribution >= 4 is 33.1 Å². The van der Waals surface area contributed by atoms with E-state index < -0.39 is 6.23 Å². The van der Waals surface area contributed by atoms with Crippen LogP contribution in [-0.4, -0.2) is 9.67 Å². The number of para-hydroxylation sites is 1. The summed E-state index contributed by atoms with van der Waals surface area (Å²) in [5.41, 5.74) is 4.06. The van der Waals surface area contributed by atoms with Crippen molar-refractivity contribution in [3.05, 3.63) is 66.2 Å². The number of hydrogen-bond donors (Lipinski definition) is 1. The summed E-state index contributed by atoms with van der Waals surface area (Å²) in [5, 5.41) is 22.5. The maximum Gasteiger partial charge on any atom is 0.410 e. The van der Waals surface area contributed by atoms with Gasteiger partial charge in [-0.05, 0) is 22.5 Å². The molecule has 27 heavy (non-hydrogen) atoms. The molecule has 5 nitrogen and oxygen atoms in total. The van der Waals surface area contributed by atoms with Crippen molar-refractivity contribution in [1.29, 1.82) is 0 Å². The van der Waals surface area contributed by atoms with Crippen molar-refractivity contribution in [2.75, 3.05) is 0 Å². The first-order chi connectivity index (χ1) is 12.7. The number of nitrogens with zero attached hydrogens (tertiary/aromatic N) is 4. The first-order valence-corrected chi connectivity index (χ1v) is 9.26. The van der Waals surface area contributed by atoms with Crippen LogP contribution < -0.4 is 21.5 Å². The smallest absolute Gasteiger partial charge is 0.410 e. The van der Waals surface area contributed by atoms with Gasteiger partial charge in [-0.25, -0.2) is 0 Å². The highest BCUT2D eigenvalue weighted by Gasteiger charge is 2.20. The average Bonchev–Trinajstić information content (AvgIpc) is 3.24. The molecule has 0 saturated heterocycles. The van der Waals surface area contributed by atoms with E-state index in [4.69, 9.17) is 0 Å². The Labute approximate surface area is 172 Å². The number of aryl methyl sites for hydroxylation is 1. The van der Waals surface area contributed by atoms with Crippen LogP contribution in [0.5, 0.6) is 0 Å². The van der Waals surface area contributed by atoms with Crippen LogP contribution in [-0.2, 0) is 7.05 Å². The predicted octanol–water partition coefficient (Wildman–Crippen LogP) is 2.12. The molecule has 2 aromatic carbocycles. The average molecular weight is 443 g/mol. The first-order valence-electron chi connectivity index (χ1n) is 8.38. The minimum atomic E-state index is -0.642. The van der Waals surface area contributed by atoms with Crippen molar-refractivity contribution in [3.8, 4) is 11.3 Å². The maximum atomic E-state index is 9.86. The summed E-state index contributed by atoms with van der Waals surface area (Å²) in [6.07, 6.45) is 1.17. The van der Waals surface area contributed by atoms with E-state index in [0.717, 1.165) is 27.8 Å². The Balaban J connectivity index is 0.00000210. The highest BCUT2D eigenvalue weighted by molar-refractivity contribution is 7.12. The molecule has 7 heteroatoms. The molecule has 1 atom stereocenters. The zero-order valence-corrected chi connectivity index (χ0v) is 17.4. The van der Waals surface area contributed by atoms with Crippen LogP contribution in [0.25, 0.3) is 22.2 Å². The zero-order valence-electron chi connectivity index (χ0n) is 15.0. The molecule has 0 saturated carbocycles. The van der Waals surface area contributed by atoms with E-state index in [2.05, 4.69) is 39.1 Å². The first kappa shape index (κ1) is 19.4. The SMILES string of the molecule is CC(O)[n+]1ccsc1/N=N/c1c(-c2ccccc2)n(C)c2ccccc12.[Br-]. The number of aromatic nitrogens is 2. The molecule has 0 aliphatic carbocycles. The summed E-state index contributed by atoms with van der Waals surface area (Å²) >= 11 is 1.45. The third kappa shape index (κ3) is 3.58. The largest absolute Gasteiger partial charge is 1.00 e. The van der Waals surface area contributed by atoms with Crippen molar-refractivity contribution in [2.24, 2.45) is 17.3 Å². The molecule has 0 aliphatic rings. The third-order valence-electron chi connectivity index (χ3n) is 4.38.